The fourth-order valence-electron chi connectivity index (χ4n) is 4.05. The Morgan fingerprint density at radius 3 is 1.95 bits per heavy atom. The van der Waals surface area contributed by atoms with E-state index in [-0.39, 0.29) is 6.61 Å². The first kappa shape index (κ1) is 34.5. The molecule has 17 heteroatoms. The van der Waals surface area contributed by atoms with E-state index in [2.05, 4.69) is 0 Å². The normalized spacial score (nSPS) is 38.8. The third-order valence-electron chi connectivity index (χ3n) is 6.45. The topological polar surface area (TPSA) is 284 Å². The molecule has 2 rings (SSSR count). The van der Waals surface area contributed by atoms with Gasteiger partial charge < -0.3 is 85.2 Å². The van der Waals surface area contributed by atoms with Crippen molar-refractivity contribution in [2.24, 2.45) is 5.73 Å². The molecule has 0 aromatic heterocycles. The van der Waals surface area contributed by atoms with Crippen molar-refractivity contribution in [1.82, 2.24) is 0 Å². The molecule has 0 spiro atoms. The van der Waals surface area contributed by atoms with E-state index in [9.17, 15) is 51.1 Å². The zero-order valence-electron chi connectivity index (χ0n) is 21.5. The summed E-state index contributed by atoms with van der Waals surface area (Å²) in [6.07, 6.45) is -20.9. The number of nitrogens with two attached hydrogens (primary N) is 1. The highest BCUT2D eigenvalue weighted by atomic mass is 16.8. The number of aliphatic hydroxyl groups excluding tert-OH is 10. The molecule has 2 fully saturated rings. The summed E-state index contributed by atoms with van der Waals surface area (Å²) in [5.74, 6) is 0. The quantitative estimate of drug-likeness (QED) is 0.0600. The number of aliphatic hydroxyl groups is 10. The summed E-state index contributed by atoms with van der Waals surface area (Å²) in [5, 5.41) is 100. The fourth-order valence-corrected chi connectivity index (χ4v) is 4.05. The molecule has 232 valence electrons. The van der Waals surface area contributed by atoms with Gasteiger partial charge in [0.05, 0.1) is 39.1 Å². The molecule has 39 heavy (non-hydrogen) atoms. The Labute approximate surface area is 224 Å². The predicted molar refractivity (Wildman–Crippen MR) is 125 cm³/mol. The molecule has 2 aliphatic heterocycles. The summed E-state index contributed by atoms with van der Waals surface area (Å²) >= 11 is 0. The maximum Gasteiger partial charge on any atom is 0.187 e. The largest absolute Gasteiger partial charge is 0.394 e. The molecule has 0 saturated carbocycles. The van der Waals surface area contributed by atoms with E-state index in [1.807, 2.05) is 0 Å². The third-order valence-corrected chi connectivity index (χ3v) is 6.45. The van der Waals surface area contributed by atoms with E-state index < -0.39 is 112 Å². The van der Waals surface area contributed by atoms with E-state index in [0.717, 1.165) is 0 Å². The van der Waals surface area contributed by atoms with Gasteiger partial charge in [0.25, 0.3) is 0 Å². The molecule has 10 unspecified atom stereocenters. The molecule has 0 amide bonds. The Morgan fingerprint density at radius 1 is 0.769 bits per heavy atom. The molecule has 2 aliphatic rings. The van der Waals surface area contributed by atoms with E-state index in [1.165, 1.54) is 6.92 Å². The van der Waals surface area contributed by atoms with Crippen molar-refractivity contribution in [1.29, 1.82) is 0 Å². The second-order valence-corrected chi connectivity index (χ2v) is 9.33. The smallest absolute Gasteiger partial charge is 0.187 e. The van der Waals surface area contributed by atoms with Gasteiger partial charge in [0.15, 0.2) is 18.9 Å². The number of rotatable bonds is 16. The first-order valence-corrected chi connectivity index (χ1v) is 12.6. The first-order valence-electron chi connectivity index (χ1n) is 12.6. The van der Waals surface area contributed by atoms with Crippen LogP contribution in [0.5, 0.6) is 0 Å². The van der Waals surface area contributed by atoms with Crippen molar-refractivity contribution >= 4 is 0 Å². The Hall–Kier alpha value is -0.680. The van der Waals surface area contributed by atoms with Crippen LogP contribution in [0.25, 0.3) is 0 Å². The minimum atomic E-state index is -1.77. The van der Waals surface area contributed by atoms with Crippen LogP contribution in [-0.4, -0.2) is 177 Å². The summed E-state index contributed by atoms with van der Waals surface area (Å²) in [5.41, 5.74) is 5.41. The number of ether oxygens (including phenoxy) is 6. The van der Waals surface area contributed by atoms with Crippen LogP contribution in [-0.2, 0) is 28.4 Å². The molecule has 0 radical (unpaired) electrons. The lowest BCUT2D eigenvalue weighted by molar-refractivity contribution is -0.349. The summed E-state index contributed by atoms with van der Waals surface area (Å²) in [7, 11) is 0. The SMILES string of the molecule is C[C@@H](OC1OC(CO)C(O)C(O)C1O)C(CO)OC(OC1C(O)C(O)[C@H](OCCCN)O[C@H]1CO)[C@@H](O)CO. The standard InChI is InChI=1S/C22H43NO16/c1-9(35-22-17(32)15(30)14(29)12(7-26)37-22)11(6-25)36-20(10(28)5-24)39-19-13(8-27)38-21(18(33)16(19)31)34-4-2-3-23/h9-22,24-33H,2-8,23H2,1H3/t9-,10+,11?,12?,13+,14?,15?,16?,17?,18?,19?,20?,21-,22?/m1/s1. The predicted octanol–water partition coefficient (Wildman–Crippen LogP) is -6.56. The van der Waals surface area contributed by atoms with Gasteiger partial charge in [-0.15, -0.1) is 0 Å². The van der Waals surface area contributed by atoms with Crippen molar-refractivity contribution < 1.29 is 79.5 Å². The van der Waals surface area contributed by atoms with Gasteiger partial charge in [0.2, 0.25) is 0 Å². The highest BCUT2D eigenvalue weighted by Gasteiger charge is 2.48. The van der Waals surface area contributed by atoms with Crippen molar-refractivity contribution in [2.45, 2.75) is 99.4 Å². The van der Waals surface area contributed by atoms with Gasteiger partial charge in [0.1, 0.15) is 61.0 Å². The van der Waals surface area contributed by atoms with Crippen molar-refractivity contribution in [3.8, 4) is 0 Å². The van der Waals surface area contributed by atoms with Gasteiger partial charge in [-0.1, -0.05) is 0 Å². The average Bonchev–Trinajstić information content (AvgIpc) is 2.93. The van der Waals surface area contributed by atoms with E-state index in [1.54, 1.807) is 0 Å². The van der Waals surface area contributed by atoms with Crippen LogP contribution in [0.2, 0.25) is 0 Å². The average molecular weight is 578 g/mol. The van der Waals surface area contributed by atoms with Crippen LogP contribution in [0, 0.1) is 0 Å². The lowest BCUT2D eigenvalue weighted by Gasteiger charge is -2.44. The van der Waals surface area contributed by atoms with E-state index in [0.29, 0.717) is 13.0 Å². The van der Waals surface area contributed by atoms with Crippen LogP contribution in [0.3, 0.4) is 0 Å². The van der Waals surface area contributed by atoms with Gasteiger partial charge in [-0.3, -0.25) is 0 Å². The van der Waals surface area contributed by atoms with Crippen LogP contribution in [0.15, 0.2) is 0 Å². The van der Waals surface area contributed by atoms with E-state index >= 15 is 0 Å². The van der Waals surface area contributed by atoms with Gasteiger partial charge in [-0.05, 0) is 19.9 Å². The molecule has 0 aromatic rings. The van der Waals surface area contributed by atoms with Crippen LogP contribution in [0.4, 0.5) is 0 Å². The number of hydrogen-bond acceptors (Lipinski definition) is 17. The summed E-state index contributed by atoms with van der Waals surface area (Å²) in [4.78, 5) is 0. The molecule has 0 bridgehead atoms. The molecular weight excluding hydrogens is 534 g/mol. The highest BCUT2D eigenvalue weighted by Crippen LogP contribution is 2.28. The van der Waals surface area contributed by atoms with Gasteiger partial charge in [-0.2, -0.15) is 0 Å². The lowest BCUT2D eigenvalue weighted by atomic mass is 9.99. The number of hydrogen-bond donors (Lipinski definition) is 11. The Kier molecular flexibility index (Phi) is 14.8. The summed E-state index contributed by atoms with van der Waals surface area (Å²) in [6.45, 7) is -1.27. The molecule has 12 N–H and O–H groups in total. The minimum Gasteiger partial charge on any atom is -0.394 e. The molecule has 2 saturated heterocycles. The first-order chi connectivity index (χ1) is 18.5. The second-order valence-electron chi connectivity index (χ2n) is 9.33. The van der Waals surface area contributed by atoms with Gasteiger partial charge in [-0.25, -0.2) is 0 Å². The van der Waals surface area contributed by atoms with Gasteiger partial charge in [0, 0.05) is 0 Å². The zero-order chi connectivity index (χ0) is 29.3. The van der Waals surface area contributed by atoms with E-state index in [4.69, 9.17) is 34.2 Å². The fraction of sp³-hybridized carbons (Fsp3) is 1.00. The summed E-state index contributed by atoms with van der Waals surface area (Å²) < 4.78 is 32.9. The van der Waals surface area contributed by atoms with Crippen molar-refractivity contribution in [3.05, 3.63) is 0 Å². The zero-order valence-corrected chi connectivity index (χ0v) is 21.5. The maximum absolute atomic E-state index is 10.7. The maximum atomic E-state index is 10.7. The Balaban J connectivity index is 2.11. The van der Waals surface area contributed by atoms with Crippen LogP contribution < -0.4 is 5.73 Å². The van der Waals surface area contributed by atoms with Gasteiger partial charge >= 0.3 is 0 Å². The highest BCUT2D eigenvalue weighted by molar-refractivity contribution is 4.92. The Bertz CT molecular complexity index is 676. The molecule has 0 aromatic carbocycles. The molecular formula is C22H43NO16. The van der Waals surface area contributed by atoms with Crippen LogP contribution in [0.1, 0.15) is 13.3 Å². The third kappa shape index (κ3) is 8.90. The molecule has 0 aliphatic carbocycles. The molecule has 2 heterocycles. The lowest BCUT2D eigenvalue weighted by Crippen LogP contribution is -2.62. The monoisotopic (exact) mass is 577 g/mol. The van der Waals surface area contributed by atoms with Crippen molar-refractivity contribution in [3.63, 3.8) is 0 Å². The molecule has 14 atom stereocenters. The Morgan fingerprint density at radius 2 is 1.38 bits per heavy atom. The van der Waals surface area contributed by atoms with Crippen LogP contribution >= 0.6 is 0 Å². The van der Waals surface area contributed by atoms with Crippen molar-refractivity contribution in [2.75, 3.05) is 39.6 Å². The molecule has 17 nitrogen and oxygen atoms in total. The summed E-state index contributed by atoms with van der Waals surface area (Å²) in [6, 6.07) is 0. The minimum absolute atomic E-state index is 0.105. The second kappa shape index (κ2) is 16.7.